The summed E-state index contributed by atoms with van der Waals surface area (Å²) in [7, 11) is 0. The average Bonchev–Trinajstić information content (AvgIpc) is 3.12. The molecule has 0 fully saturated rings. The Morgan fingerprint density at radius 2 is 1.79 bits per heavy atom. The second-order valence-corrected chi connectivity index (χ2v) is 9.49. The highest BCUT2D eigenvalue weighted by atomic mass is 16.5. The maximum absolute atomic E-state index is 13.7. The van der Waals surface area contributed by atoms with E-state index in [1.54, 1.807) is 24.3 Å². The van der Waals surface area contributed by atoms with Gasteiger partial charge in [0.2, 0.25) is 0 Å². The number of carbonyl (C=O) groups is 2. The van der Waals surface area contributed by atoms with Crippen molar-refractivity contribution in [3.8, 4) is 11.4 Å². The molecule has 2 aliphatic rings. The van der Waals surface area contributed by atoms with Gasteiger partial charge in [-0.1, -0.05) is 50.2 Å². The van der Waals surface area contributed by atoms with Gasteiger partial charge in [-0.15, -0.1) is 0 Å². The molecule has 0 saturated heterocycles. The molecule has 0 amide bonds. The fraction of sp³-hybridized carbons (Fsp3) is 0.269. The Bertz CT molecular complexity index is 1380. The third-order valence-corrected chi connectivity index (χ3v) is 6.30. The summed E-state index contributed by atoms with van der Waals surface area (Å²) in [5, 5.41) is 15.6. The molecule has 1 aliphatic carbocycles. The van der Waals surface area contributed by atoms with E-state index in [0.717, 1.165) is 5.70 Å². The topological polar surface area (TPSA) is 113 Å². The Labute approximate surface area is 195 Å². The van der Waals surface area contributed by atoms with E-state index >= 15 is 0 Å². The van der Waals surface area contributed by atoms with E-state index in [4.69, 9.17) is 9.84 Å². The number of aromatic nitrogens is 2. The second-order valence-electron chi connectivity index (χ2n) is 9.49. The van der Waals surface area contributed by atoms with Crippen molar-refractivity contribution in [1.82, 2.24) is 9.78 Å². The van der Waals surface area contributed by atoms with Crippen LogP contribution in [0.5, 0.6) is 5.75 Å². The first-order valence-corrected chi connectivity index (χ1v) is 11.1. The van der Waals surface area contributed by atoms with Crippen molar-refractivity contribution in [2.75, 3.05) is 11.9 Å². The monoisotopic (exact) mass is 459 g/mol. The molecular formula is C26H25N3O5. The number of aromatic amines is 1. The van der Waals surface area contributed by atoms with Crippen LogP contribution in [0.15, 0.2) is 70.7 Å². The number of aliphatic carboxylic acids is 1. The Morgan fingerprint density at radius 3 is 2.53 bits per heavy atom. The van der Waals surface area contributed by atoms with E-state index in [1.807, 2.05) is 44.2 Å². The van der Waals surface area contributed by atoms with E-state index < -0.39 is 18.5 Å². The quantitative estimate of drug-likeness (QED) is 0.534. The van der Waals surface area contributed by atoms with Gasteiger partial charge in [-0.25, -0.2) is 9.48 Å². The van der Waals surface area contributed by atoms with Crippen LogP contribution in [-0.4, -0.2) is 33.2 Å². The van der Waals surface area contributed by atoms with Crippen LogP contribution in [0.4, 0.5) is 5.82 Å². The summed E-state index contributed by atoms with van der Waals surface area (Å²) in [6, 6.07) is 16.2. The molecule has 0 radical (unpaired) electrons. The van der Waals surface area contributed by atoms with Gasteiger partial charge in [-0.05, 0) is 30.0 Å². The number of para-hydroxylation sites is 2. The number of carboxylic acid groups (broad SMARTS) is 1. The van der Waals surface area contributed by atoms with Crippen LogP contribution in [0.2, 0.25) is 0 Å². The zero-order valence-electron chi connectivity index (χ0n) is 18.9. The Balaban J connectivity index is 1.73. The lowest BCUT2D eigenvalue weighted by atomic mass is 9.69. The zero-order chi connectivity index (χ0) is 24.0. The van der Waals surface area contributed by atoms with Gasteiger partial charge < -0.3 is 15.2 Å². The van der Waals surface area contributed by atoms with Crippen molar-refractivity contribution in [3.63, 3.8) is 0 Å². The molecule has 2 aromatic carbocycles. The van der Waals surface area contributed by atoms with Gasteiger partial charge in [0.1, 0.15) is 11.6 Å². The zero-order valence-corrected chi connectivity index (χ0v) is 18.9. The number of nitrogens with zero attached hydrogens (tertiary/aromatic N) is 1. The van der Waals surface area contributed by atoms with E-state index in [0.29, 0.717) is 46.8 Å². The maximum Gasteiger partial charge on any atom is 0.341 e. The predicted octanol–water partition coefficient (Wildman–Crippen LogP) is 3.83. The van der Waals surface area contributed by atoms with Crippen LogP contribution in [0.3, 0.4) is 0 Å². The molecule has 8 nitrogen and oxygen atoms in total. The first-order chi connectivity index (χ1) is 16.2. The molecule has 1 aliphatic heterocycles. The fourth-order valence-electron chi connectivity index (χ4n) is 4.95. The number of allylic oxidation sites excluding steroid dienone is 2. The number of hydrogen-bond acceptors (Lipinski definition) is 5. The molecule has 8 heteroatoms. The number of H-pyrrole nitrogens is 1. The van der Waals surface area contributed by atoms with Crippen LogP contribution in [0.1, 0.15) is 43.7 Å². The molecule has 0 bridgehead atoms. The van der Waals surface area contributed by atoms with Crippen molar-refractivity contribution in [3.05, 3.63) is 87.3 Å². The van der Waals surface area contributed by atoms with E-state index in [1.165, 1.54) is 4.68 Å². The van der Waals surface area contributed by atoms with Crippen molar-refractivity contribution < 1.29 is 19.4 Å². The summed E-state index contributed by atoms with van der Waals surface area (Å²) in [5.41, 5.74) is 2.46. The highest BCUT2D eigenvalue weighted by molar-refractivity contribution is 6.01. The van der Waals surface area contributed by atoms with Gasteiger partial charge in [0.15, 0.2) is 12.4 Å². The molecule has 174 valence electrons. The minimum atomic E-state index is -1.11. The molecule has 3 aromatic rings. The molecule has 34 heavy (non-hydrogen) atoms. The Kier molecular flexibility index (Phi) is 5.16. The SMILES string of the molecule is CC1(C)CC(=O)C2=C(C1)Nc1[nH]n(-c3ccccc3)c(=O)c1C2c1ccccc1OCC(=O)O. The van der Waals surface area contributed by atoms with Gasteiger partial charge >= 0.3 is 5.97 Å². The summed E-state index contributed by atoms with van der Waals surface area (Å²) in [6.45, 7) is 3.56. The number of Topliss-reactive ketones (excluding diaryl/α,β-unsaturated/α-hetero) is 1. The van der Waals surface area contributed by atoms with Crippen LogP contribution in [0, 0.1) is 5.41 Å². The minimum Gasteiger partial charge on any atom is -0.482 e. The first kappa shape index (κ1) is 21.8. The number of ether oxygens (including phenoxy) is 1. The lowest BCUT2D eigenvalue weighted by Gasteiger charge is -2.38. The van der Waals surface area contributed by atoms with Gasteiger partial charge in [-0.3, -0.25) is 14.7 Å². The van der Waals surface area contributed by atoms with E-state index in [9.17, 15) is 14.4 Å². The fourth-order valence-corrected chi connectivity index (χ4v) is 4.95. The van der Waals surface area contributed by atoms with Crippen molar-refractivity contribution in [1.29, 1.82) is 0 Å². The summed E-state index contributed by atoms with van der Waals surface area (Å²) in [5.74, 6) is -0.970. The Hall–Kier alpha value is -4.07. The summed E-state index contributed by atoms with van der Waals surface area (Å²) < 4.78 is 7.04. The predicted molar refractivity (Wildman–Crippen MR) is 126 cm³/mol. The van der Waals surface area contributed by atoms with Gasteiger partial charge in [-0.2, -0.15) is 0 Å². The number of rotatable bonds is 5. The number of benzene rings is 2. The number of anilines is 1. The van der Waals surface area contributed by atoms with Crippen LogP contribution in [0.25, 0.3) is 5.69 Å². The molecule has 1 unspecified atom stereocenters. The van der Waals surface area contributed by atoms with Gasteiger partial charge in [0.05, 0.1) is 17.2 Å². The second kappa shape index (κ2) is 8.06. The average molecular weight is 460 g/mol. The normalized spacial score (nSPS) is 18.6. The van der Waals surface area contributed by atoms with Gasteiger partial charge in [0, 0.05) is 23.3 Å². The highest BCUT2D eigenvalue weighted by Gasteiger charge is 2.43. The van der Waals surface area contributed by atoms with Crippen molar-refractivity contribution >= 4 is 17.6 Å². The molecule has 2 heterocycles. The Morgan fingerprint density at radius 1 is 1.09 bits per heavy atom. The molecule has 0 saturated carbocycles. The first-order valence-electron chi connectivity index (χ1n) is 11.1. The third kappa shape index (κ3) is 3.71. The third-order valence-electron chi connectivity index (χ3n) is 6.30. The van der Waals surface area contributed by atoms with Crippen LogP contribution in [-0.2, 0) is 9.59 Å². The highest BCUT2D eigenvalue weighted by Crippen LogP contribution is 2.49. The molecule has 1 atom stereocenters. The molecular weight excluding hydrogens is 434 g/mol. The minimum absolute atomic E-state index is 0.0331. The largest absolute Gasteiger partial charge is 0.482 e. The number of carboxylic acids is 1. The number of fused-ring (bicyclic) bond motifs is 1. The van der Waals surface area contributed by atoms with Crippen molar-refractivity contribution in [2.24, 2.45) is 5.41 Å². The van der Waals surface area contributed by atoms with E-state index in [2.05, 4.69) is 10.4 Å². The maximum atomic E-state index is 13.7. The number of nitrogens with one attached hydrogen (secondary N) is 2. The summed E-state index contributed by atoms with van der Waals surface area (Å²) in [4.78, 5) is 38.3. The van der Waals surface area contributed by atoms with Gasteiger partial charge in [0.25, 0.3) is 5.56 Å². The number of carbonyl (C=O) groups excluding carboxylic acids is 1. The standard InChI is InChI=1S/C26H25N3O5/c1-26(2)12-17-22(18(30)13-26)21(16-10-6-7-11-19(16)34-14-20(31)32)23-24(27-17)28-29(25(23)33)15-8-4-3-5-9-15/h3-11,21,27-28H,12-14H2,1-2H3,(H,31,32). The lowest BCUT2D eigenvalue weighted by Crippen LogP contribution is -2.35. The molecule has 0 spiro atoms. The lowest BCUT2D eigenvalue weighted by molar-refractivity contribution is -0.139. The van der Waals surface area contributed by atoms with Crippen LogP contribution < -0.4 is 15.6 Å². The molecule has 3 N–H and O–H groups in total. The summed E-state index contributed by atoms with van der Waals surface area (Å²) in [6.07, 6.45) is 0.996. The van der Waals surface area contributed by atoms with E-state index in [-0.39, 0.29) is 16.8 Å². The molecule has 5 rings (SSSR count). The number of hydrogen-bond donors (Lipinski definition) is 3. The smallest absolute Gasteiger partial charge is 0.341 e. The summed E-state index contributed by atoms with van der Waals surface area (Å²) >= 11 is 0. The van der Waals surface area contributed by atoms with Crippen LogP contribution >= 0.6 is 0 Å². The molecule has 1 aromatic heterocycles. The van der Waals surface area contributed by atoms with Crippen molar-refractivity contribution in [2.45, 2.75) is 32.6 Å². The number of ketones is 1.